The van der Waals surface area contributed by atoms with Crippen LogP contribution in [0, 0.1) is 5.82 Å². The molecule has 0 amide bonds. The molecule has 0 atom stereocenters. The molecule has 0 saturated carbocycles. The summed E-state index contributed by atoms with van der Waals surface area (Å²) in [6.45, 7) is 0. The molecule has 94 valence electrons. The number of carbonyl (C=O) groups is 1. The number of hydrogen-bond acceptors (Lipinski definition) is 4. The van der Waals surface area contributed by atoms with Gasteiger partial charge < -0.3 is 5.11 Å². The molecular weight excluding hydrogens is 251 g/mol. The zero-order valence-electron chi connectivity index (χ0n) is 9.46. The van der Waals surface area contributed by atoms with Crippen molar-refractivity contribution < 1.29 is 14.3 Å². The molecule has 6 nitrogen and oxygen atoms in total. The lowest BCUT2D eigenvalue weighted by Crippen LogP contribution is -2.00. The second-order valence-corrected chi connectivity index (χ2v) is 3.86. The van der Waals surface area contributed by atoms with Crippen molar-refractivity contribution in [3.05, 3.63) is 41.7 Å². The average molecular weight is 258 g/mol. The van der Waals surface area contributed by atoms with Crippen LogP contribution in [0.25, 0.3) is 22.4 Å². The predicted octanol–water partition coefficient (Wildman–Crippen LogP) is 1.86. The molecule has 0 aliphatic rings. The molecule has 0 fully saturated rings. The maximum absolute atomic E-state index is 13.3. The Bertz CT molecular complexity index is 784. The number of nitrogens with zero attached hydrogens (tertiary/aromatic N) is 3. The number of H-pyrrole nitrogens is 1. The predicted molar refractivity (Wildman–Crippen MR) is 64.0 cm³/mol. The van der Waals surface area contributed by atoms with Crippen LogP contribution in [0.3, 0.4) is 0 Å². The zero-order chi connectivity index (χ0) is 13.4. The van der Waals surface area contributed by atoms with Crippen LogP contribution in [0.5, 0.6) is 0 Å². The van der Waals surface area contributed by atoms with E-state index in [2.05, 4.69) is 20.4 Å². The van der Waals surface area contributed by atoms with Gasteiger partial charge in [-0.1, -0.05) is 0 Å². The highest BCUT2D eigenvalue weighted by molar-refractivity contribution is 5.89. The van der Waals surface area contributed by atoms with Crippen LogP contribution in [0.15, 0.2) is 30.3 Å². The fraction of sp³-hybridized carbons (Fsp3) is 0. The molecule has 0 saturated heterocycles. The summed E-state index contributed by atoms with van der Waals surface area (Å²) < 4.78 is 13.3. The largest absolute Gasteiger partial charge is 0.478 e. The van der Waals surface area contributed by atoms with Gasteiger partial charge in [0.25, 0.3) is 0 Å². The van der Waals surface area contributed by atoms with Gasteiger partial charge in [0.2, 0.25) is 5.65 Å². The van der Waals surface area contributed by atoms with Crippen LogP contribution < -0.4 is 0 Å². The molecule has 3 aromatic rings. The summed E-state index contributed by atoms with van der Waals surface area (Å²) in [5, 5.41) is 19.0. The lowest BCUT2D eigenvalue weighted by Gasteiger charge is -2.03. The molecule has 0 aliphatic carbocycles. The van der Waals surface area contributed by atoms with E-state index in [-0.39, 0.29) is 5.56 Å². The Kier molecular flexibility index (Phi) is 2.45. The van der Waals surface area contributed by atoms with Crippen LogP contribution >= 0.6 is 0 Å². The minimum Gasteiger partial charge on any atom is -0.478 e. The van der Waals surface area contributed by atoms with Gasteiger partial charge in [0, 0.05) is 5.56 Å². The number of nitrogens with one attached hydrogen (secondary N) is 1. The average Bonchev–Trinajstić information content (AvgIpc) is 2.86. The van der Waals surface area contributed by atoms with Crippen molar-refractivity contribution >= 4 is 17.1 Å². The van der Waals surface area contributed by atoms with Gasteiger partial charge >= 0.3 is 5.97 Å². The fourth-order valence-corrected chi connectivity index (χ4v) is 1.75. The molecule has 1 aromatic carbocycles. The first-order valence-electron chi connectivity index (χ1n) is 5.36. The summed E-state index contributed by atoms with van der Waals surface area (Å²) in [6.07, 6.45) is 0. The molecule has 0 aliphatic heterocycles. The van der Waals surface area contributed by atoms with Crippen molar-refractivity contribution in [1.82, 2.24) is 20.4 Å². The number of fused-ring (bicyclic) bond motifs is 1. The Morgan fingerprint density at radius 3 is 2.84 bits per heavy atom. The van der Waals surface area contributed by atoms with Crippen LogP contribution in [0.2, 0.25) is 0 Å². The standard InChI is InChI=1S/C12H7FN4O2/c13-8-2-1-6(5-7(8)12(18)19)9-3-4-10-11(14-9)16-17-15-10/h1-5H,(H,18,19)(H,14,15,16,17). The third-order valence-electron chi connectivity index (χ3n) is 2.67. The highest BCUT2D eigenvalue weighted by Gasteiger charge is 2.12. The van der Waals surface area contributed by atoms with Crippen LogP contribution in [0.1, 0.15) is 10.4 Å². The van der Waals surface area contributed by atoms with E-state index in [1.807, 2.05) is 0 Å². The molecular formula is C12H7FN4O2. The van der Waals surface area contributed by atoms with Gasteiger partial charge in [0.15, 0.2) is 0 Å². The monoisotopic (exact) mass is 258 g/mol. The van der Waals surface area contributed by atoms with Gasteiger partial charge in [-0.15, -0.1) is 5.10 Å². The second kappa shape index (κ2) is 4.13. The summed E-state index contributed by atoms with van der Waals surface area (Å²) in [5.41, 5.74) is 1.63. The number of aromatic amines is 1. The molecule has 2 heterocycles. The Labute approximate surface area is 105 Å². The summed E-state index contributed by atoms with van der Waals surface area (Å²) in [4.78, 5) is 15.1. The number of rotatable bonds is 2. The minimum atomic E-state index is -1.32. The summed E-state index contributed by atoms with van der Waals surface area (Å²) >= 11 is 0. The van der Waals surface area contributed by atoms with Crippen LogP contribution in [0.4, 0.5) is 4.39 Å². The third kappa shape index (κ3) is 1.90. The van der Waals surface area contributed by atoms with Gasteiger partial charge in [-0.3, -0.25) is 0 Å². The number of carboxylic acids is 1. The van der Waals surface area contributed by atoms with E-state index < -0.39 is 11.8 Å². The molecule has 7 heteroatoms. The topological polar surface area (TPSA) is 91.8 Å². The van der Waals surface area contributed by atoms with E-state index in [1.54, 1.807) is 12.1 Å². The Balaban J connectivity index is 2.15. The number of benzene rings is 1. The van der Waals surface area contributed by atoms with Gasteiger partial charge in [0.1, 0.15) is 11.3 Å². The maximum Gasteiger partial charge on any atom is 0.338 e. The lowest BCUT2D eigenvalue weighted by atomic mass is 10.1. The number of halogens is 1. The van der Waals surface area contributed by atoms with Crippen molar-refractivity contribution in [3.8, 4) is 11.3 Å². The lowest BCUT2D eigenvalue weighted by molar-refractivity contribution is 0.0692. The summed E-state index contributed by atoms with van der Waals surface area (Å²) in [7, 11) is 0. The maximum atomic E-state index is 13.3. The molecule has 0 radical (unpaired) electrons. The number of carboxylic acid groups (broad SMARTS) is 1. The normalized spacial score (nSPS) is 10.8. The Hall–Kier alpha value is -2.83. The first-order valence-corrected chi connectivity index (χ1v) is 5.36. The van der Waals surface area contributed by atoms with Crippen LogP contribution in [-0.2, 0) is 0 Å². The van der Waals surface area contributed by atoms with Crippen molar-refractivity contribution in [2.45, 2.75) is 0 Å². The van der Waals surface area contributed by atoms with Crippen molar-refractivity contribution in [2.75, 3.05) is 0 Å². The minimum absolute atomic E-state index is 0.389. The highest BCUT2D eigenvalue weighted by Crippen LogP contribution is 2.22. The molecule has 2 aromatic heterocycles. The van der Waals surface area contributed by atoms with Gasteiger partial charge in [-0.05, 0) is 30.3 Å². The molecule has 3 rings (SSSR count). The van der Waals surface area contributed by atoms with E-state index in [4.69, 9.17) is 5.11 Å². The SMILES string of the molecule is O=C(O)c1cc(-c2ccc3n[nH]nc3n2)ccc1F. The summed E-state index contributed by atoms with van der Waals surface area (Å²) in [5.74, 6) is -2.10. The molecule has 19 heavy (non-hydrogen) atoms. The molecule has 0 unspecified atom stereocenters. The van der Waals surface area contributed by atoms with E-state index in [9.17, 15) is 9.18 Å². The fourth-order valence-electron chi connectivity index (χ4n) is 1.75. The second-order valence-electron chi connectivity index (χ2n) is 3.86. The van der Waals surface area contributed by atoms with E-state index in [0.717, 1.165) is 6.07 Å². The number of pyridine rings is 1. The zero-order valence-corrected chi connectivity index (χ0v) is 9.46. The van der Waals surface area contributed by atoms with E-state index in [1.165, 1.54) is 12.1 Å². The van der Waals surface area contributed by atoms with Gasteiger partial charge in [-0.25, -0.2) is 14.2 Å². The third-order valence-corrected chi connectivity index (χ3v) is 2.67. The van der Waals surface area contributed by atoms with Crippen molar-refractivity contribution in [2.24, 2.45) is 0 Å². The first kappa shape index (κ1) is 11.3. The van der Waals surface area contributed by atoms with E-state index in [0.29, 0.717) is 22.4 Å². The molecule has 2 N–H and O–H groups in total. The van der Waals surface area contributed by atoms with Crippen molar-refractivity contribution in [3.63, 3.8) is 0 Å². The van der Waals surface area contributed by atoms with Crippen LogP contribution in [-0.4, -0.2) is 31.5 Å². The number of aromatic carboxylic acids is 1. The highest BCUT2D eigenvalue weighted by atomic mass is 19.1. The first-order chi connectivity index (χ1) is 9.15. The van der Waals surface area contributed by atoms with Gasteiger partial charge in [0.05, 0.1) is 11.3 Å². The quantitative estimate of drug-likeness (QED) is 0.731. The molecule has 0 bridgehead atoms. The smallest absolute Gasteiger partial charge is 0.338 e. The summed E-state index contributed by atoms with van der Waals surface area (Å²) in [6, 6.07) is 7.18. The van der Waals surface area contributed by atoms with E-state index >= 15 is 0 Å². The number of aromatic nitrogens is 4. The van der Waals surface area contributed by atoms with Crippen molar-refractivity contribution in [1.29, 1.82) is 0 Å². The number of hydrogen-bond donors (Lipinski definition) is 2. The Morgan fingerprint density at radius 2 is 2.05 bits per heavy atom. The Morgan fingerprint density at radius 1 is 1.21 bits per heavy atom. The molecule has 0 spiro atoms. The van der Waals surface area contributed by atoms with Gasteiger partial charge in [-0.2, -0.15) is 10.3 Å².